The SMILES string of the molecule is Cc1ccc(C)c(NS(=O)(=O)c2ccc3c(c2)CC(C)N3)c1. The summed E-state index contributed by atoms with van der Waals surface area (Å²) in [5.41, 5.74) is 4.64. The fourth-order valence-corrected chi connectivity index (χ4v) is 3.91. The number of rotatable bonds is 3. The Balaban J connectivity index is 1.94. The number of aryl methyl sites for hydroxylation is 2. The summed E-state index contributed by atoms with van der Waals surface area (Å²) in [7, 11) is -3.57. The van der Waals surface area contributed by atoms with Crippen LogP contribution in [0.1, 0.15) is 23.6 Å². The van der Waals surface area contributed by atoms with E-state index in [0.717, 1.165) is 28.8 Å². The van der Waals surface area contributed by atoms with Gasteiger partial charge in [-0.2, -0.15) is 0 Å². The number of fused-ring (bicyclic) bond motifs is 1. The molecule has 2 aromatic rings. The number of anilines is 2. The summed E-state index contributed by atoms with van der Waals surface area (Å²) in [6.45, 7) is 5.92. The third-order valence-electron chi connectivity index (χ3n) is 3.95. The Hall–Kier alpha value is -2.01. The molecule has 5 heteroatoms. The van der Waals surface area contributed by atoms with E-state index in [9.17, 15) is 8.42 Å². The van der Waals surface area contributed by atoms with Crippen LogP contribution in [0.3, 0.4) is 0 Å². The Morgan fingerprint density at radius 1 is 1.14 bits per heavy atom. The van der Waals surface area contributed by atoms with Crippen molar-refractivity contribution in [3.8, 4) is 0 Å². The van der Waals surface area contributed by atoms with Crippen LogP contribution >= 0.6 is 0 Å². The first-order valence-electron chi connectivity index (χ1n) is 7.35. The van der Waals surface area contributed by atoms with Crippen LogP contribution < -0.4 is 10.0 Å². The topological polar surface area (TPSA) is 58.2 Å². The highest BCUT2D eigenvalue weighted by Crippen LogP contribution is 2.29. The summed E-state index contributed by atoms with van der Waals surface area (Å²) in [5, 5.41) is 3.33. The number of nitrogens with one attached hydrogen (secondary N) is 2. The zero-order valence-electron chi connectivity index (χ0n) is 13.0. The minimum Gasteiger partial charge on any atom is -0.382 e. The van der Waals surface area contributed by atoms with Gasteiger partial charge in [0.2, 0.25) is 0 Å². The van der Waals surface area contributed by atoms with Crippen molar-refractivity contribution in [3.05, 3.63) is 53.1 Å². The van der Waals surface area contributed by atoms with Gasteiger partial charge in [-0.05, 0) is 68.1 Å². The summed E-state index contributed by atoms with van der Waals surface area (Å²) >= 11 is 0. The van der Waals surface area contributed by atoms with Crippen molar-refractivity contribution in [1.29, 1.82) is 0 Å². The van der Waals surface area contributed by atoms with E-state index in [0.29, 0.717) is 16.6 Å². The van der Waals surface area contributed by atoms with Crippen LogP contribution in [0.2, 0.25) is 0 Å². The molecule has 1 aliphatic rings. The molecule has 1 atom stereocenters. The predicted octanol–water partition coefficient (Wildman–Crippen LogP) is 3.46. The minimum absolute atomic E-state index is 0.308. The first kappa shape index (κ1) is 14.9. The Kier molecular flexibility index (Phi) is 3.60. The first-order chi connectivity index (χ1) is 10.3. The van der Waals surface area contributed by atoms with Gasteiger partial charge >= 0.3 is 0 Å². The van der Waals surface area contributed by atoms with Gasteiger partial charge in [-0.3, -0.25) is 4.72 Å². The van der Waals surface area contributed by atoms with Gasteiger partial charge in [0.1, 0.15) is 0 Å². The molecule has 116 valence electrons. The van der Waals surface area contributed by atoms with Crippen molar-refractivity contribution in [3.63, 3.8) is 0 Å². The van der Waals surface area contributed by atoms with Crippen LogP contribution in [-0.4, -0.2) is 14.5 Å². The molecule has 0 saturated heterocycles. The van der Waals surface area contributed by atoms with Gasteiger partial charge < -0.3 is 5.32 Å². The largest absolute Gasteiger partial charge is 0.382 e. The van der Waals surface area contributed by atoms with E-state index in [1.807, 2.05) is 38.1 Å². The smallest absolute Gasteiger partial charge is 0.261 e. The first-order valence-corrected chi connectivity index (χ1v) is 8.83. The van der Waals surface area contributed by atoms with Gasteiger partial charge in [0.05, 0.1) is 10.6 Å². The summed E-state index contributed by atoms with van der Waals surface area (Å²) in [5.74, 6) is 0. The zero-order valence-corrected chi connectivity index (χ0v) is 13.8. The summed E-state index contributed by atoms with van der Waals surface area (Å²) in [4.78, 5) is 0.308. The van der Waals surface area contributed by atoms with E-state index in [4.69, 9.17) is 0 Å². The Morgan fingerprint density at radius 2 is 1.91 bits per heavy atom. The third kappa shape index (κ3) is 2.81. The molecule has 2 aromatic carbocycles. The monoisotopic (exact) mass is 316 g/mol. The molecule has 22 heavy (non-hydrogen) atoms. The van der Waals surface area contributed by atoms with Crippen molar-refractivity contribution in [2.75, 3.05) is 10.0 Å². The Bertz CT molecular complexity index is 829. The van der Waals surface area contributed by atoms with Crippen molar-refractivity contribution < 1.29 is 8.42 Å². The van der Waals surface area contributed by atoms with E-state index in [-0.39, 0.29) is 0 Å². The molecule has 0 fully saturated rings. The van der Waals surface area contributed by atoms with Crippen LogP contribution in [0, 0.1) is 13.8 Å². The lowest BCUT2D eigenvalue weighted by atomic mass is 10.1. The maximum absolute atomic E-state index is 12.6. The molecule has 0 saturated carbocycles. The van der Waals surface area contributed by atoms with Gasteiger partial charge in [-0.25, -0.2) is 8.42 Å². The number of hydrogen-bond donors (Lipinski definition) is 2. The van der Waals surface area contributed by atoms with Gasteiger partial charge in [0.25, 0.3) is 10.0 Å². The van der Waals surface area contributed by atoms with Gasteiger partial charge in [-0.15, -0.1) is 0 Å². The van der Waals surface area contributed by atoms with Gasteiger partial charge in [-0.1, -0.05) is 12.1 Å². The molecule has 0 radical (unpaired) electrons. The molecule has 3 rings (SSSR count). The van der Waals surface area contributed by atoms with Gasteiger partial charge in [0, 0.05) is 11.7 Å². The van der Waals surface area contributed by atoms with E-state index in [1.54, 1.807) is 12.1 Å². The molecule has 0 spiro atoms. The van der Waals surface area contributed by atoms with Crippen LogP contribution in [0.5, 0.6) is 0 Å². The summed E-state index contributed by atoms with van der Waals surface area (Å²) in [6, 6.07) is 11.3. The number of benzene rings is 2. The molecule has 2 N–H and O–H groups in total. The number of sulfonamides is 1. The molecule has 1 aliphatic heterocycles. The van der Waals surface area contributed by atoms with Crippen molar-refractivity contribution in [2.45, 2.75) is 38.1 Å². The average molecular weight is 316 g/mol. The molecule has 0 bridgehead atoms. The Morgan fingerprint density at radius 3 is 2.68 bits per heavy atom. The second-order valence-electron chi connectivity index (χ2n) is 5.99. The van der Waals surface area contributed by atoms with Crippen LogP contribution in [0.15, 0.2) is 41.3 Å². The maximum atomic E-state index is 12.6. The zero-order chi connectivity index (χ0) is 15.9. The minimum atomic E-state index is -3.57. The molecule has 0 aromatic heterocycles. The second kappa shape index (κ2) is 5.32. The second-order valence-corrected chi connectivity index (χ2v) is 7.67. The Labute approximate surface area is 131 Å². The van der Waals surface area contributed by atoms with Crippen LogP contribution in [0.4, 0.5) is 11.4 Å². The molecule has 0 aliphatic carbocycles. The van der Waals surface area contributed by atoms with E-state index in [2.05, 4.69) is 17.0 Å². The van der Waals surface area contributed by atoms with Crippen molar-refractivity contribution in [1.82, 2.24) is 0 Å². The highest BCUT2D eigenvalue weighted by atomic mass is 32.2. The molecular weight excluding hydrogens is 296 g/mol. The third-order valence-corrected chi connectivity index (χ3v) is 5.32. The quantitative estimate of drug-likeness (QED) is 0.911. The fraction of sp³-hybridized carbons (Fsp3) is 0.294. The van der Waals surface area contributed by atoms with Crippen LogP contribution in [0.25, 0.3) is 0 Å². The lowest BCUT2D eigenvalue weighted by Gasteiger charge is -2.12. The molecular formula is C17H20N2O2S. The molecule has 0 amide bonds. The normalized spacial score (nSPS) is 17.0. The standard InChI is InChI=1S/C17H20N2O2S/c1-11-4-5-12(2)17(8-11)19-22(20,21)15-6-7-16-14(10-15)9-13(3)18-16/h4-8,10,13,18-19H,9H2,1-3H3. The summed E-state index contributed by atoms with van der Waals surface area (Å²) in [6.07, 6.45) is 0.849. The lowest BCUT2D eigenvalue weighted by molar-refractivity contribution is 0.601. The molecule has 1 unspecified atom stereocenters. The summed E-state index contributed by atoms with van der Waals surface area (Å²) < 4.78 is 27.9. The van der Waals surface area contributed by atoms with E-state index in [1.165, 1.54) is 0 Å². The van der Waals surface area contributed by atoms with Crippen molar-refractivity contribution >= 4 is 21.4 Å². The highest BCUT2D eigenvalue weighted by molar-refractivity contribution is 7.92. The lowest BCUT2D eigenvalue weighted by Crippen LogP contribution is -2.14. The predicted molar refractivity (Wildman–Crippen MR) is 90.0 cm³/mol. The fourth-order valence-electron chi connectivity index (χ4n) is 2.74. The molecule has 1 heterocycles. The number of hydrogen-bond acceptors (Lipinski definition) is 3. The van der Waals surface area contributed by atoms with E-state index < -0.39 is 10.0 Å². The van der Waals surface area contributed by atoms with Crippen molar-refractivity contribution in [2.24, 2.45) is 0 Å². The highest BCUT2D eigenvalue weighted by Gasteiger charge is 2.21. The average Bonchev–Trinajstić information content (AvgIpc) is 2.81. The molecule has 4 nitrogen and oxygen atoms in total. The van der Waals surface area contributed by atoms with E-state index >= 15 is 0 Å². The van der Waals surface area contributed by atoms with Gasteiger partial charge in [0.15, 0.2) is 0 Å². The van der Waals surface area contributed by atoms with Crippen LogP contribution in [-0.2, 0) is 16.4 Å². The maximum Gasteiger partial charge on any atom is 0.261 e.